The lowest BCUT2D eigenvalue weighted by molar-refractivity contribution is -0.131. The van der Waals surface area contributed by atoms with Gasteiger partial charge in [0.2, 0.25) is 27.7 Å². The Labute approximate surface area is 255 Å². The maximum Gasteiger partial charge on any atom is 0.243 e. The minimum absolute atomic E-state index is 0.00147. The number of nitrogens with one attached hydrogen (secondary N) is 4. The van der Waals surface area contributed by atoms with Crippen molar-refractivity contribution in [1.82, 2.24) is 25.7 Å². The molecule has 44 heavy (non-hydrogen) atoms. The number of aromatic nitrogens is 1. The lowest BCUT2D eigenvalue weighted by Crippen LogP contribution is -2.53. The molecule has 0 radical (unpaired) electrons. The summed E-state index contributed by atoms with van der Waals surface area (Å²) in [5, 5.41) is 9.49. The minimum Gasteiger partial charge on any atom is -0.370 e. The fourth-order valence-corrected chi connectivity index (χ4v) is 5.37. The topological polar surface area (TPSA) is 301 Å². The van der Waals surface area contributed by atoms with Crippen molar-refractivity contribution in [2.24, 2.45) is 38.7 Å². The van der Waals surface area contributed by atoms with Crippen LogP contribution in [-0.2, 0) is 24.4 Å². The van der Waals surface area contributed by atoms with Gasteiger partial charge in [0, 0.05) is 62.3 Å². The molecule has 0 aliphatic heterocycles. The molecule has 18 heteroatoms. The second-order valence-corrected chi connectivity index (χ2v) is 11.5. The van der Waals surface area contributed by atoms with E-state index in [4.69, 9.17) is 28.7 Å². The van der Waals surface area contributed by atoms with Gasteiger partial charge in [-0.2, -0.15) is 0 Å². The highest BCUT2D eigenvalue weighted by Gasteiger charge is 2.25. The van der Waals surface area contributed by atoms with Gasteiger partial charge in [-0.05, 0) is 37.8 Å². The molecule has 0 spiro atoms. The molecule has 0 bridgehead atoms. The standard InChI is InChI=1S/C26H42N12O5S/c27-23(40)19(5-2-10-34-25(28)29)38-24(41)20(6-3-11-35-26(30)31)37-22(39)9-13-32-14-15-36-44(42,43)21-7-1-4-17-16-33-12-8-18(17)21/h1,4,7-8,12,16,19-20,32,36H,2-3,5-6,9-11,13-15H2,(H2,27,40)(H,37,39)(H,38,41)(H4,28,29,34)(H4,30,31,35)/t19-,20-/m1/s1. The third-order valence-electron chi connectivity index (χ3n) is 6.26. The Kier molecular flexibility index (Phi) is 14.7. The van der Waals surface area contributed by atoms with Crippen LogP contribution in [0, 0.1) is 0 Å². The molecule has 17 nitrogen and oxygen atoms in total. The van der Waals surface area contributed by atoms with Crippen LogP contribution in [-0.4, -0.2) is 87.8 Å². The van der Waals surface area contributed by atoms with Crippen LogP contribution in [0.5, 0.6) is 0 Å². The van der Waals surface area contributed by atoms with Crippen molar-refractivity contribution in [2.75, 3.05) is 32.7 Å². The maximum atomic E-state index is 13.0. The fraction of sp³-hybridized carbons (Fsp3) is 0.462. The molecule has 2 aromatic rings. The van der Waals surface area contributed by atoms with Crippen LogP contribution in [0.3, 0.4) is 0 Å². The predicted molar refractivity (Wildman–Crippen MR) is 167 cm³/mol. The molecular weight excluding hydrogens is 592 g/mol. The quantitative estimate of drug-likeness (QED) is 0.0403. The molecule has 1 heterocycles. The molecular formula is C26H42N12O5S. The van der Waals surface area contributed by atoms with Gasteiger partial charge < -0.3 is 44.6 Å². The molecule has 2 atom stereocenters. The minimum atomic E-state index is -3.78. The number of guanidine groups is 2. The Morgan fingerprint density at radius 3 is 2.14 bits per heavy atom. The Morgan fingerprint density at radius 2 is 1.50 bits per heavy atom. The first-order valence-electron chi connectivity index (χ1n) is 13.9. The number of primary amides is 1. The molecule has 0 saturated carbocycles. The van der Waals surface area contributed by atoms with Crippen LogP contribution in [0.1, 0.15) is 32.1 Å². The first kappa shape index (κ1) is 35.6. The van der Waals surface area contributed by atoms with Gasteiger partial charge in [-0.15, -0.1) is 0 Å². The SMILES string of the molecule is NC(=O)[C@@H](CCCN=C(N)N)NC(=O)[C@@H](CCCN=C(N)N)NC(=O)CCNCCNS(=O)(=O)c1cccc2cnccc12. The number of carbonyl (C=O) groups is 3. The Hall–Kier alpha value is -4.55. The van der Waals surface area contributed by atoms with E-state index in [0.29, 0.717) is 23.6 Å². The van der Waals surface area contributed by atoms with Crippen molar-refractivity contribution in [3.8, 4) is 0 Å². The highest BCUT2D eigenvalue weighted by molar-refractivity contribution is 7.89. The fourth-order valence-electron chi connectivity index (χ4n) is 4.11. The number of amides is 3. The number of rotatable bonds is 20. The number of pyridine rings is 1. The zero-order valence-corrected chi connectivity index (χ0v) is 25.2. The van der Waals surface area contributed by atoms with Crippen LogP contribution in [0.4, 0.5) is 0 Å². The van der Waals surface area contributed by atoms with E-state index in [1.54, 1.807) is 24.4 Å². The second kappa shape index (κ2) is 18.2. The molecule has 14 N–H and O–H groups in total. The number of sulfonamides is 1. The van der Waals surface area contributed by atoms with E-state index in [0.717, 1.165) is 0 Å². The molecule has 0 aliphatic rings. The number of hydrogen-bond donors (Lipinski definition) is 9. The molecule has 0 unspecified atom stereocenters. The van der Waals surface area contributed by atoms with Crippen molar-refractivity contribution in [3.63, 3.8) is 0 Å². The number of nitrogens with zero attached hydrogens (tertiary/aromatic N) is 3. The average molecular weight is 635 g/mol. The van der Waals surface area contributed by atoms with Gasteiger partial charge in [0.25, 0.3) is 0 Å². The van der Waals surface area contributed by atoms with Gasteiger partial charge in [-0.1, -0.05) is 12.1 Å². The van der Waals surface area contributed by atoms with Gasteiger partial charge in [-0.25, -0.2) is 13.1 Å². The summed E-state index contributed by atoms with van der Waals surface area (Å²) in [5.41, 5.74) is 26.7. The Bertz CT molecular complexity index is 1420. The van der Waals surface area contributed by atoms with E-state index in [2.05, 4.69) is 35.6 Å². The third kappa shape index (κ3) is 12.8. The smallest absolute Gasteiger partial charge is 0.243 e. The highest BCUT2D eigenvalue weighted by atomic mass is 32.2. The van der Waals surface area contributed by atoms with Crippen LogP contribution in [0.25, 0.3) is 10.8 Å². The number of fused-ring (bicyclic) bond motifs is 1. The monoisotopic (exact) mass is 634 g/mol. The molecule has 0 aliphatic carbocycles. The van der Waals surface area contributed by atoms with E-state index in [-0.39, 0.29) is 68.8 Å². The summed E-state index contributed by atoms with van der Waals surface area (Å²) in [6, 6.07) is 4.60. The normalized spacial score (nSPS) is 12.5. The zero-order chi connectivity index (χ0) is 32.5. The molecule has 0 fully saturated rings. The van der Waals surface area contributed by atoms with Gasteiger partial charge in [0.15, 0.2) is 11.9 Å². The summed E-state index contributed by atoms with van der Waals surface area (Å²) in [5.74, 6) is -1.98. The van der Waals surface area contributed by atoms with Crippen molar-refractivity contribution >= 4 is 50.4 Å². The number of hydrogen-bond acceptors (Lipinski definition) is 9. The van der Waals surface area contributed by atoms with Crippen LogP contribution in [0.15, 0.2) is 51.5 Å². The van der Waals surface area contributed by atoms with Crippen LogP contribution in [0.2, 0.25) is 0 Å². The first-order valence-corrected chi connectivity index (χ1v) is 15.4. The van der Waals surface area contributed by atoms with Crippen molar-refractivity contribution in [1.29, 1.82) is 0 Å². The maximum absolute atomic E-state index is 13.0. The zero-order valence-electron chi connectivity index (χ0n) is 24.4. The van der Waals surface area contributed by atoms with Crippen LogP contribution >= 0.6 is 0 Å². The summed E-state index contributed by atoms with van der Waals surface area (Å²) in [6.07, 6.45) is 4.25. The largest absolute Gasteiger partial charge is 0.370 e. The van der Waals surface area contributed by atoms with E-state index in [1.165, 1.54) is 12.3 Å². The Morgan fingerprint density at radius 1 is 0.841 bits per heavy atom. The molecule has 1 aromatic heterocycles. The highest BCUT2D eigenvalue weighted by Crippen LogP contribution is 2.21. The number of nitrogens with two attached hydrogens (primary N) is 5. The summed E-state index contributed by atoms with van der Waals surface area (Å²) < 4.78 is 28.2. The van der Waals surface area contributed by atoms with Crippen molar-refractivity contribution < 1.29 is 22.8 Å². The van der Waals surface area contributed by atoms with E-state index in [1.807, 2.05) is 0 Å². The lowest BCUT2D eigenvalue weighted by atomic mass is 10.1. The third-order valence-corrected chi connectivity index (χ3v) is 7.77. The van der Waals surface area contributed by atoms with Gasteiger partial charge in [-0.3, -0.25) is 29.4 Å². The molecule has 242 valence electrons. The summed E-state index contributed by atoms with van der Waals surface area (Å²) in [7, 11) is -3.78. The van der Waals surface area contributed by atoms with Crippen molar-refractivity contribution in [2.45, 2.75) is 49.1 Å². The predicted octanol–water partition coefficient (Wildman–Crippen LogP) is -2.95. The van der Waals surface area contributed by atoms with E-state index >= 15 is 0 Å². The number of benzene rings is 1. The summed E-state index contributed by atoms with van der Waals surface area (Å²) in [6.45, 7) is 1.02. The lowest BCUT2D eigenvalue weighted by Gasteiger charge is -2.22. The van der Waals surface area contributed by atoms with Gasteiger partial charge in [0.05, 0.1) is 4.90 Å². The second-order valence-electron chi connectivity index (χ2n) is 9.73. The number of aliphatic imine (C=N–C) groups is 2. The first-order chi connectivity index (χ1) is 20.9. The van der Waals surface area contributed by atoms with Crippen molar-refractivity contribution in [3.05, 3.63) is 36.7 Å². The van der Waals surface area contributed by atoms with E-state index in [9.17, 15) is 22.8 Å². The van der Waals surface area contributed by atoms with E-state index < -0.39 is 39.8 Å². The van der Waals surface area contributed by atoms with Gasteiger partial charge >= 0.3 is 0 Å². The molecule has 0 saturated heterocycles. The molecule has 3 amide bonds. The van der Waals surface area contributed by atoms with Crippen LogP contribution < -0.4 is 49.3 Å². The molecule has 1 aromatic carbocycles. The average Bonchev–Trinajstić information content (AvgIpc) is 2.97. The van der Waals surface area contributed by atoms with Gasteiger partial charge in [0.1, 0.15) is 12.1 Å². The molecule has 2 rings (SSSR count). The summed E-state index contributed by atoms with van der Waals surface area (Å²) >= 11 is 0. The Balaban J connectivity index is 1.86. The number of carbonyl (C=O) groups excluding carboxylic acids is 3. The summed E-state index contributed by atoms with van der Waals surface area (Å²) in [4.78, 5) is 49.4.